The van der Waals surface area contributed by atoms with Crippen LogP contribution in [0.1, 0.15) is 33.8 Å². The first-order chi connectivity index (χ1) is 15.5. The van der Waals surface area contributed by atoms with E-state index in [1.165, 1.54) is 12.1 Å². The maximum Gasteiger partial charge on any atom is 0.256 e. The molecule has 1 amide bonds. The van der Waals surface area contributed by atoms with Crippen molar-refractivity contribution in [3.63, 3.8) is 0 Å². The van der Waals surface area contributed by atoms with Crippen molar-refractivity contribution in [3.05, 3.63) is 69.7 Å². The number of carbonyl (C=O) groups is 1. The minimum absolute atomic E-state index is 0.0301. The summed E-state index contributed by atoms with van der Waals surface area (Å²) in [5.41, 5.74) is 1.64. The van der Waals surface area contributed by atoms with Gasteiger partial charge >= 0.3 is 0 Å². The number of carbonyl (C=O) groups excluding carboxylic acids is 1. The Balaban J connectivity index is 1.44. The Morgan fingerprint density at radius 2 is 1.94 bits per heavy atom. The summed E-state index contributed by atoms with van der Waals surface area (Å²) >= 11 is 1.62. The second-order valence-corrected chi connectivity index (χ2v) is 8.90. The van der Waals surface area contributed by atoms with Crippen LogP contribution in [0.4, 0.5) is 20.2 Å². The number of nitrogens with one attached hydrogen (secondary N) is 1. The smallest absolute Gasteiger partial charge is 0.256 e. The van der Waals surface area contributed by atoms with Crippen LogP contribution in [-0.4, -0.2) is 33.8 Å². The number of halogens is 2. The van der Waals surface area contributed by atoms with Gasteiger partial charge in [0.1, 0.15) is 5.69 Å². The molecular weight excluding hydrogens is 432 g/mol. The summed E-state index contributed by atoms with van der Waals surface area (Å²) in [6, 6.07) is 7.97. The van der Waals surface area contributed by atoms with E-state index in [1.807, 2.05) is 17.5 Å². The molecule has 9 heteroatoms. The molecule has 0 atom stereocenters. The fraction of sp³-hybridized carbons (Fsp3) is 0.261. The number of aromatic nitrogens is 3. The lowest BCUT2D eigenvalue weighted by atomic mass is 10.1. The van der Waals surface area contributed by atoms with Crippen LogP contribution in [-0.2, 0) is 6.54 Å². The highest BCUT2D eigenvalue weighted by molar-refractivity contribution is 7.09. The molecule has 1 N–H and O–H groups in total. The van der Waals surface area contributed by atoms with Crippen molar-refractivity contribution in [2.75, 3.05) is 23.3 Å². The molecule has 1 aliphatic rings. The van der Waals surface area contributed by atoms with Gasteiger partial charge in [-0.25, -0.2) is 18.4 Å². The molecule has 0 bridgehead atoms. The second kappa shape index (κ2) is 8.31. The number of fused-ring (bicyclic) bond motifs is 1. The Kier molecular flexibility index (Phi) is 5.34. The average molecular weight is 454 g/mol. The van der Waals surface area contributed by atoms with Crippen LogP contribution in [0, 0.1) is 18.6 Å². The Morgan fingerprint density at radius 3 is 2.62 bits per heavy atom. The van der Waals surface area contributed by atoms with Crippen molar-refractivity contribution >= 4 is 39.7 Å². The van der Waals surface area contributed by atoms with E-state index in [0.717, 1.165) is 17.7 Å². The summed E-state index contributed by atoms with van der Waals surface area (Å²) in [7, 11) is 0. The summed E-state index contributed by atoms with van der Waals surface area (Å²) in [5, 5.41) is 9.61. The third-order valence-corrected chi connectivity index (χ3v) is 6.43. The number of anilines is 2. The van der Waals surface area contributed by atoms with Crippen LogP contribution in [0.15, 0.2) is 41.9 Å². The summed E-state index contributed by atoms with van der Waals surface area (Å²) in [5.74, 6) is -1.83. The molecule has 0 unspecified atom stereocenters. The number of aryl methyl sites for hydroxylation is 1. The van der Waals surface area contributed by atoms with Crippen LogP contribution < -0.4 is 10.2 Å². The van der Waals surface area contributed by atoms with E-state index in [9.17, 15) is 13.6 Å². The van der Waals surface area contributed by atoms with Gasteiger partial charge in [-0.2, -0.15) is 5.10 Å². The van der Waals surface area contributed by atoms with Gasteiger partial charge in [-0.1, -0.05) is 6.07 Å². The van der Waals surface area contributed by atoms with Gasteiger partial charge in [0.2, 0.25) is 0 Å². The van der Waals surface area contributed by atoms with Gasteiger partial charge in [-0.15, -0.1) is 11.3 Å². The molecule has 164 valence electrons. The normalized spacial score (nSPS) is 13.8. The number of benzene rings is 1. The van der Waals surface area contributed by atoms with Crippen molar-refractivity contribution in [2.24, 2.45) is 0 Å². The van der Waals surface area contributed by atoms with E-state index >= 15 is 0 Å². The minimum Gasteiger partial charge on any atom is -0.367 e. The van der Waals surface area contributed by atoms with E-state index in [-0.39, 0.29) is 11.4 Å². The summed E-state index contributed by atoms with van der Waals surface area (Å²) < 4.78 is 31.1. The number of rotatable bonds is 5. The molecule has 0 spiro atoms. The van der Waals surface area contributed by atoms with Crippen LogP contribution in [0.2, 0.25) is 0 Å². The quantitative estimate of drug-likeness (QED) is 0.463. The Morgan fingerprint density at radius 1 is 1.19 bits per heavy atom. The SMILES string of the molecule is Cc1cc(C(=O)Nc2cc(F)c(N3CCCC3)c(F)c2)c2cnn(Cc3cccs3)c2n1. The maximum atomic E-state index is 14.7. The fourth-order valence-electron chi connectivity index (χ4n) is 4.11. The third-order valence-electron chi connectivity index (χ3n) is 5.56. The summed E-state index contributed by atoms with van der Waals surface area (Å²) in [6.07, 6.45) is 3.42. The fourth-order valence-corrected chi connectivity index (χ4v) is 4.79. The number of nitrogens with zero attached hydrogens (tertiary/aromatic N) is 4. The van der Waals surface area contributed by atoms with Gasteiger partial charge in [0.05, 0.1) is 23.7 Å². The van der Waals surface area contributed by atoms with Crippen LogP contribution in [0.25, 0.3) is 11.0 Å². The molecule has 6 nitrogen and oxygen atoms in total. The summed E-state index contributed by atoms with van der Waals surface area (Å²) in [6.45, 7) is 3.60. The van der Waals surface area contributed by atoms with E-state index in [2.05, 4.69) is 15.4 Å². The predicted molar refractivity (Wildman–Crippen MR) is 121 cm³/mol. The largest absolute Gasteiger partial charge is 0.367 e. The zero-order valence-electron chi connectivity index (χ0n) is 17.4. The molecule has 4 aromatic rings. The first kappa shape index (κ1) is 20.6. The first-order valence-corrected chi connectivity index (χ1v) is 11.3. The van der Waals surface area contributed by atoms with Crippen molar-refractivity contribution in [2.45, 2.75) is 26.3 Å². The van der Waals surface area contributed by atoms with Gasteiger partial charge < -0.3 is 10.2 Å². The molecule has 1 saturated heterocycles. The molecule has 0 radical (unpaired) electrons. The maximum absolute atomic E-state index is 14.7. The number of thiophene rings is 1. The average Bonchev–Trinajstić information content (AvgIpc) is 3.51. The predicted octanol–water partition coefficient (Wildman–Crippen LogP) is 4.98. The van der Waals surface area contributed by atoms with Crippen molar-refractivity contribution in [1.29, 1.82) is 0 Å². The van der Waals surface area contributed by atoms with E-state index in [1.54, 1.807) is 40.1 Å². The van der Waals surface area contributed by atoms with Crippen molar-refractivity contribution in [1.82, 2.24) is 14.8 Å². The van der Waals surface area contributed by atoms with Gasteiger partial charge in [-0.05, 0) is 49.4 Å². The highest BCUT2D eigenvalue weighted by Crippen LogP contribution is 2.30. The highest BCUT2D eigenvalue weighted by Gasteiger charge is 2.22. The topological polar surface area (TPSA) is 63.1 Å². The Bertz CT molecular complexity index is 1270. The zero-order chi connectivity index (χ0) is 22.2. The lowest BCUT2D eigenvalue weighted by molar-refractivity contribution is 0.102. The molecule has 4 heterocycles. The van der Waals surface area contributed by atoms with E-state index in [0.29, 0.717) is 41.9 Å². The molecule has 1 aromatic carbocycles. The molecule has 1 aliphatic heterocycles. The number of pyridine rings is 1. The summed E-state index contributed by atoms with van der Waals surface area (Å²) in [4.78, 5) is 20.4. The van der Waals surface area contributed by atoms with Crippen LogP contribution >= 0.6 is 11.3 Å². The monoisotopic (exact) mass is 453 g/mol. The second-order valence-electron chi connectivity index (χ2n) is 7.87. The lowest BCUT2D eigenvalue weighted by Crippen LogP contribution is -2.21. The van der Waals surface area contributed by atoms with Crippen molar-refractivity contribution < 1.29 is 13.6 Å². The van der Waals surface area contributed by atoms with Gasteiger partial charge in [0, 0.05) is 29.3 Å². The molecule has 3 aromatic heterocycles. The number of hydrogen-bond acceptors (Lipinski definition) is 5. The molecule has 0 saturated carbocycles. The van der Waals surface area contributed by atoms with E-state index in [4.69, 9.17) is 0 Å². The van der Waals surface area contributed by atoms with Crippen LogP contribution in [0.3, 0.4) is 0 Å². The number of hydrogen-bond donors (Lipinski definition) is 1. The molecule has 0 aliphatic carbocycles. The van der Waals surface area contributed by atoms with Crippen molar-refractivity contribution in [3.8, 4) is 0 Å². The minimum atomic E-state index is -0.679. The van der Waals surface area contributed by atoms with Gasteiger partial charge in [0.15, 0.2) is 17.3 Å². The number of amides is 1. The lowest BCUT2D eigenvalue weighted by Gasteiger charge is -2.20. The van der Waals surface area contributed by atoms with Crippen LogP contribution in [0.5, 0.6) is 0 Å². The third kappa shape index (κ3) is 3.84. The Hall–Kier alpha value is -3.33. The molecule has 5 rings (SSSR count). The highest BCUT2D eigenvalue weighted by atomic mass is 32.1. The standard InChI is InChI=1S/C23H21F2N5OS/c1-14-9-17(18-12-26-30(22(18)27-14)13-16-5-4-8-32-16)23(31)28-15-10-19(24)21(20(25)11-15)29-6-2-3-7-29/h4-5,8-12H,2-3,6-7,13H2,1H3,(H,28,31). The van der Waals surface area contributed by atoms with Gasteiger partial charge in [0.25, 0.3) is 5.91 Å². The zero-order valence-corrected chi connectivity index (χ0v) is 18.3. The first-order valence-electron chi connectivity index (χ1n) is 10.4. The Labute approximate surface area is 187 Å². The van der Waals surface area contributed by atoms with E-state index < -0.39 is 17.5 Å². The molecule has 1 fully saturated rings. The molecular formula is C23H21F2N5OS. The molecule has 32 heavy (non-hydrogen) atoms. The van der Waals surface area contributed by atoms with Gasteiger partial charge in [-0.3, -0.25) is 4.79 Å².